The van der Waals surface area contributed by atoms with E-state index in [9.17, 15) is 14.4 Å². The predicted molar refractivity (Wildman–Crippen MR) is 107 cm³/mol. The van der Waals surface area contributed by atoms with Gasteiger partial charge in [-0.25, -0.2) is 4.79 Å². The van der Waals surface area contributed by atoms with E-state index in [-0.39, 0.29) is 24.7 Å². The lowest BCUT2D eigenvalue weighted by atomic mass is 10.00. The molecule has 1 amide bonds. The average molecular weight is 386 g/mol. The first-order valence-corrected chi connectivity index (χ1v) is 10.6. The molecular formula is C21H39NO5. The van der Waals surface area contributed by atoms with E-state index in [1.165, 1.54) is 57.8 Å². The van der Waals surface area contributed by atoms with Gasteiger partial charge < -0.3 is 15.5 Å². The third kappa shape index (κ3) is 15.2. The van der Waals surface area contributed by atoms with Gasteiger partial charge in [0.25, 0.3) is 0 Å². The van der Waals surface area contributed by atoms with Crippen molar-refractivity contribution in [3.8, 4) is 0 Å². The highest BCUT2D eigenvalue weighted by Gasteiger charge is 2.23. The van der Waals surface area contributed by atoms with Gasteiger partial charge in [0.15, 0.2) is 0 Å². The molecule has 0 spiro atoms. The highest BCUT2D eigenvalue weighted by Crippen LogP contribution is 2.14. The molecule has 0 aromatic heterocycles. The minimum atomic E-state index is -1.19. The molecule has 6 nitrogen and oxygen atoms in total. The van der Waals surface area contributed by atoms with E-state index >= 15 is 0 Å². The number of carbonyl (C=O) groups is 3. The number of rotatable bonds is 18. The van der Waals surface area contributed by atoms with Crippen LogP contribution in [0.4, 0.5) is 0 Å². The average Bonchev–Trinajstić information content (AvgIpc) is 2.62. The van der Waals surface area contributed by atoms with Crippen LogP contribution in [0.2, 0.25) is 0 Å². The van der Waals surface area contributed by atoms with Crippen LogP contribution in [-0.2, 0) is 14.4 Å². The zero-order valence-electron chi connectivity index (χ0n) is 17.2. The Balaban J connectivity index is 3.75. The lowest BCUT2D eigenvalue weighted by molar-refractivity contribution is -0.143. The summed E-state index contributed by atoms with van der Waals surface area (Å²) >= 11 is 0. The van der Waals surface area contributed by atoms with Gasteiger partial charge in [-0.15, -0.1) is 0 Å². The van der Waals surface area contributed by atoms with E-state index in [0.29, 0.717) is 0 Å². The van der Waals surface area contributed by atoms with Gasteiger partial charge in [0.2, 0.25) is 5.91 Å². The third-order valence-corrected chi connectivity index (χ3v) is 4.95. The fourth-order valence-corrected chi connectivity index (χ4v) is 3.09. The second-order valence-electron chi connectivity index (χ2n) is 7.56. The summed E-state index contributed by atoms with van der Waals surface area (Å²) in [6, 6.07) is -1.13. The maximum atomic E-state index is 12.1. The normalized spacial score (nSPS) is 13.1. The van der Waals surface area contributed by atoms with Crippen LogP contribution >= 0.6 is 0 Å². The van der Waals surface area contributed by atoms with Gasteiger partial charge in [0.1, 0.15) is 6.04 Å². The number of nitrogens with one attached hydrogen (secondary N) is 1. The van der Waals surface area contributed by atoms with Crippen LogP contribution in [0.15, 0.2) is 0 Å². The number of unbranched alkanes of at least 4 members (excludes halogenated alkanes) is 10. The van der Waals surface area contributed by atoms with E-state index in [0.717, 1.165) is 19.3 Å². The number of carboxylic acids is 2. The molecule has 0 saturated carbocycles. The molecule has 0 bridgehead atoms. The van der Waals surface area contributed by atoms with Crippen molar-refractivity contribution in [2.45, 2.75) is 110 Å². The van der Waals surface area contributed by atoms with Crippen LogP contribution in [0.5, 0.6) is 0 Å². The van der Waals surface area contributed by atoms with Crippen molar-refractivity contribution in [1.82, 2.24) is 5.32 Å². The Morgan fingerprint density at radius 3 is 1.70 bits per heavy atom. The SMILES string of the molecule is CCCCCCCCCCCCCC(C)C(=O)N[C@@H](CCC(=O)O)C(=O)O. The van der Waals surface area contributed by atoms with Crippen LogP contribution in [-0.4, -0.2) is 34.1 Å². The van der Waals surface area contributed by atoms with Crippen molar-refractivity contribution in [1.29, 1.82) is 0 Å². The summed E-state index contributed by atoms with van der Waals surface area (Å²) in [5, 5.41) is 20.2. The molecule has 27 heavy (non-hydrogen) atoms. The number of amides is 1. The molecule has 0 aliphatic carbocycles. The maximum Gasteiger partial charge on any atom is 0.326 e. The molecule has 0 fully saturated rings. The van der Waals surface area contributed by atoms with Crippen molar-refractivity contribution in [3.63, 3.8) is 0 Å². The predicted octanol–water partition coefficient (Wildman–Crippen LogP) is 4.76. The highest BCUT2D eigenvalue weighted by molar-refractivity contribution is 5.85. The van der Waals surface area contributed by atoms with Gasteiger partial charge in [-0.05, 0) is 12.8 Å². The summed E-state index contributed by atoms with van der Waals surface area (Å²) < 4.78 is 0. The number of carboxylic acid groups (broad SMARTS) is 2. The van der Waals surface area contributed by atoms with Crippen molar-refractivity contribution in [3.05, 3.63) is 0 Å². The molecule has 0 aromatic rings. The molecule has 0 aliphatic rings. The first kappa shape index (κ1) is 25.4. The fraction of sp³-hybridized carbons (Fsp3) is 0.857. The summed E-state index contributed by atoms with van der Waals surface area (Å²) in [7, 11) is 0. The van der Waals surface area contributed by atoms with Gasteiger partial charge in [-0.2, -0.15) is 0 Å². The van der Waals surface area contributed by atoms with Gasteiger partial charge in [0, 0.05) is 12.3 Å². The monoisotopic (exact) mass is 385 g/mol. The Labute approximate surface area is 164 Å². The quantitative estimate of drug-likeness (QED) is 0.295. The number of aliphatic carboxylic acids is 2. The molecule has 0 aliphatic heterocycles. The van der Waals surface area contributed by atoms with Gasteiger partial charge in [-0.3, -0.25) is 9.59 Å². The van der Waals surface area contributed by atoms with Crippen molar-refractivity contribution in [2.24, 2.45) is 5.92 Å². The number of hydrogen-bond acceptors (Lipinski definition) is 3. The van der Waals surface area contributed by atoms with E-state index in [1.807, 2.05) is 0 Å². The largest absolute Gasteiger partial charge is 0.481 e. The summed E-state index contributed by atoms with van der Waals surface area (Å²) in [6.45, 7) is 4.02. The van der Waals surface area contributed by atoms with E-state index < -0.39 is 18.0 Å². The van der Waals surface area contributed by atoms with E-state index in [2.05, 4.69) is 12.2 Å². The molecule has 2 atom stereocenters. The summed E-state index contributed by atoms with van der Waals surface area (Å²) in [5.74, 6) is -2.81. The minimum absolute atomic E-state index is 0.0957. The second kappa shape index (κ2) is 16.6. The minimum Gasteiger partial charge on any atom is -0.481 e. The van der Waals surface area contributed by atoms with Crippen molar-refractivity contribution >= 4 is 17.8 Å². The fourth-order valence-electron chi connectivity index (χ4n) is 3.09. The Hall–Kier alpha value is -1.59. The van der Waals surface area contributed by atoms with Gasteiger partial charge in [0.05, 0.1) is 0 Å². The molecule has 0 saturated heterocycles. The first-order valence-electron chi connectivity index (χ1n) is 10.6. The highest BCUT2D eigenvalue weighted by atomic mass is 16.4. The lowest BCUT2D eigenvalue weighted by Crippen LogP contribution is -2.43. The van der Waals surface area contributed by atoms with Crippen LogP contribution in [0.1, 0.15) is 104 Å². The second-order valence-corrected chi connectivity index (χ2v) is 7.56. The zero-order valence-corrected chi connectivity index (χ0v) is 17.2. The van der Waals surface area contributed by atoms with Crippen LogP contribution in [0, 0.1) is 5.92 Å². The Morgan fingerprint density at radius 2 is 1.26 bits per heavy atom. The van der Waals surface area contributed by atoms with Crippen molar-refractivity contribution in [2.75, 3.05) is 0 Å². The Morgan fingerprint density at radius 1 is 0.778 bits per heavy atom. The molecule has 0 rings (SSSR count). The summed E-state index contributed by atoms with van der Waals surface area (Å²) in [5.41, 5.74) is 0. The van der Waals surface area contributed by atoms with Crippen LogP contribution in [0.3, 0.4) is 0 Å². The topological polar surface area (TPSA) is 104 Å². The number of carbonyl (C=O) groups excluding carboxylic acids is 1. The zero-order chi connectivity index (χ0) is 20.5. The number of hydrogen-bond donors (Lipinski definition) is 3. The molecule has 1 unspecified atom stereocenters. The van der Waals surface area contributed by atoms with E-state index in [4.69, 9.17) is 10.2 Å². The molecule has 0 radical (unpaired) electrons. The third-order valence-electron chi connectivity index (χ3n) is 4.95. The lowest BCUT2D eigenvalue weighted by Gasteiger charge is -2.17. The summed E-state index contributed by atoms with van der Waals surface area (Å²) in [4.78, 5) is 33.8. The summed E-state index contributed by atoms with van der Waals surface area (Å²) in [6.07, 6.45) is 14.1. The van der Waals surface area contributed by atoms with Gasteiger partial charge >= 0.3 is 11.9 Å². The van der Waals surface area contributed by atoms with Crippen molar-refractivity contribution < 1.29 is 24.6 Å². The Kier molecular flexibility index (Phi) is 15.6. The van der Waals surface area contributed by atoms with E-state index in [1.54, 1.807) is 6.92 Å². The Bertz CT molecular complexity index is 425. The van der Waals surface area contributed by atoms with Gasteiger partial charge in [-0.1, -0.05) is 84.5 Å². The molecular weight excluding hydrogens is 346 g/mol. The first-order chi connectivity index (χ1) is 12.9. The molecule has 0 heterocycles. The molecule has 6 heteroatoms. The smallest absolute Gasteiger partial charge is 0.326 e. The molecule has 3 N–H and O–H groups in total. The molecule has 158 valence electrons. The van der Waals surface area contributed by atoms with Crippen LogP contribution in [0.25, 0.3) is 0 Å². The van der Waals surface area contributed by atoms with Crippen LogP contribution < -0.4 is 5.32 Å². The standard InChI is InChI=1S/C21H39NO5/c1-3-4-5-6-7-8-9-10-11-12-13-14-17(2)20(25)22-18(21(26)27)15-16-19(23)24/h17-18H,3-16H2,1-2H3,(H,22,25)(H,23,24)(H,26,27)/t17?,18-/m0/s1. The molecule has 0 aromatic carbocycles. The maximum absolute atomic E-state index is 12.1.